The van der Waals surface area contributed by atoms with Crippen LogP contribution in [-0.2, 0) is 6.54 Å². The van der Waals surface area contributed by atoms with Gasteiger partial charge in [0.15, 0.2) is 0 Å². The van der Waals surface area contributed by atoms with Gasteiger partial charge in [0, 0.05) is 5.38 Å². The van der Waals surface area contributed by atoms with E-state index in [9.17, 15) is 0 Å². The highest BCUT2D eigenvalue weighted by Gasteiger charge is 2.04. The third kappa shape index (κ3) is 1.65. The Balaban J connectivity index is 2.28. The molecule has 0 aliphatic heterocycles. The van der Waals surface area contributed by atoms with Gasteiger partial charge in [-0.3, -0.25) is 0 Å². The average Bonchev–Trinajstić information content (AvgIpc) is 2.70. The molecule has 0 N–H and O–H groups in total. The van der Waals surface area contributed by atoms with Crippen LogP contribution in [0, 0.1) is 5.38 Å². The van der Waals surface area contributed by atoms with Gasteiger partial charge in [-0.05, 0) is 17.3 Å². The SMILES string of the molecule is C=CCn1nnc(-c2cc[c]s2)n1. The van der Waals surface area contributed by atoms with Gasteiger partial charge in [-0.1, -0.05) is 6.08 Å². The summed E-state index contributed by atoms with van der Waals surface area (Å²) in [6, 6.07) is 3.76. The molecular weight excluding hydrogens is 184 g/mol. The predicted octanol–water partition coefficient (Wildman–Crippen LogP) is 1.39. The summed E-state index contributed by atoms with van der Waals surface area (Å²) in [5, 5.41) is 14.9. The molecule has 0 atom stereocenters. The molecule has 0 unspecified atom stereocenters. The van der Waals surface area contributed by atoms with Crippen molar-refractivity contribution in [2.24, 2.45) is 0 Å². The monoisotopic (exact) mass is 191 g/mol. The summed E-state index contributed by atoms with van der Waals surface area (Å²) in [7, 11) is 0. The van der Waals surface area contributed by atoms with E-state index in [0.29, 0.717) is 12.4 Å². The number of hydrogen-bond acceptors (Lipinski definition) is 4. The molecule has 0 saturated carbocycles. The van der Waals surface area contributed by atoms with Crippen LogP contribution in [0.4, 0.5) is 0 Å². The summed E-state index contributed by atoms with van der Waals surface area (Å²) in [5.74, 6) is 0.646. The van der Waals surface area contributed by atoms with E-state index in [2.05, 4.69) is 27.4 Å². The van der Waals surface area contributed by atoms with Crippen LogP contribution in [-0.4, -0.2) is 20.2 Å². The van der Waals surface area contributed by atoms with Crippen molar-refractivity contribution < 1.29 is 0 Å². The molecule has 0 spiro atoms. The third-order valence-electron chi connectivity index (χ3n) is 1.44. The minimum Gasteiger partial charge on any atom is -0.160 e. The first-order chi connectivity index (χ1) is 6.40. The normalized spacial score (nSPS) is 10.2. The minimum atomic E-state index is 0.585. The molecule has 5 heteroatoms. The molecule has 2 aromatic heterocycles. The van der Waals surface area contributed by atoms with Crippen LogP contribution in [0.5, 0.6) is 0 Å². The van der Waals surface area contributed by atoms with Gasteiger partial charge < -0.3 is 0 Å². The number of allylic oxidation sites excluding steroid dienone is 1. The van der Waals surface area contributed by atoms with Gasteiger partial charge in [0.25, 0.3) is 0 Å². The van der Waals surface area contributed by atoms with Gasteiger partial charge in [0.1, 0.15) is 0 Å². The van der Waals surface area contributed by atoms with Gasteiger partial charge in [-0.2, -0.15) is 4.80 Å². The highest BCUT2D eigenvalue weighted by atomic mass is 32.1. The molecule has 65 valence electrons. The van der Waals surface area contributed by atoms with Crippen LogP contribution >= 0.6 is 11.3 Å². The maximum Gasteiger partial charge on any atom is 0.214 e. The number of aromatic nitrogens is 4. The molecule has 0 aliphatic rings. The zero-order valence-corrected chi connectivity index (χ0v) is 7.66. The molecule has 2 heterocycles. The van der Waals surface area contributed by atoms with Gasteiger partial charge >= 0.3 is 0 Å². The first-order valence-electron chi connectivity index (χ1n) is 3.75. The van der Waals surface area contributed by atoms with Crippen LogP contribution < -0.4 is 0 Å². The van der Waals surface area contributed by atoms with Gasteiger partial charge in [0.05, 0.1) is 11.4 Å². The molecule has 2 rings (SSSR count). The number of nitrogens with zero attached hydrogens (tertiary/aromatic N) is 4. The number of hydrogen-bond donors (Lipinski definition) is 0. The van der Waals surface area contributed by atoms with E-state index < -0.39 is 0 Å². The van der Waals surface area contributed by atoms with Crippen molar-refractivity contribution in [1.29, 1.82) is 0 Å². The smallest absolute Gasteiger partial charge is 0.160 e. The fourth-order valence-corrected chi connectivity index (χ4v) is 1.47. The van der Waals surface area contributed by atoms with Crippen LogP contribution in [0.25, 0.3) is 10.7 Å². The summed E-state index contributed by atoms with van der Waals surface area (Å²) in [6.07, 6.45) is 1.73. The third-order valence-corrected chi connectivity index (χ3v) is 2.23. The second kappa shape index (κ2) is 3.49. The first-order valence-corrected chi connectivity index (χ1v) is 4.57. The summed E-state index contributed by atoms with van der Waals surface area (Å²) >= 11 is 1.48. The van der Waals surface area contributed by atoms with Crippen LogP contribution in [0.1, 0.15) is 0 Å². The maximum absolute atomic E-state index is 4.16. The zero-order valence-electron chi connectivity index (χ0n) is 6.84. The quantitative estimate of drug-likeness (QED) is 0.688. The lowest BCUT2D eigenvalue weighted by Crippen LogP contribution is -1.99. The lowest BCUT2D eigenvalue weighted by molar-refractivity contribution is 0.583. The average molecular weight is 191 g/mol. The lowest BCUT2D eigenvalue weighted by Gasteiger charge is -1.87. The van der Waals surface area contributed by atoms with Crippen molar-refractivity contribution in [3.8, 4) is 10.7 Å². The van der Waals surface area contributed by atoms with E-state index in [1.807, 2.05) is 12.1 Å². The second-order valence-corrected chi connectivity index (χ2v) is 3.25. The summed E-state index contributed by atoms with van der Waals surface area (Å²) in [4.78, 5) is 2.48. The van der Waals surface area contributed by atoms with E-state index in [4.69, 9.17) is 0 Å². The Morgan fingerprint density at radius 3 is 3.31 bits per heavy atom. The van der Waals surface area contributed by atoms with Crippen molar-refractivity contribution in [2.75, 3.05) is 0 Å². The Bertz CT molecular complexity index is 390. The fourth-order valence-electron chi connectivity index (χ4n) is 0.896. The Hall–Kier alpha value is -1.49. The molecule has 0 aromatic carbocycles. The van der Waals surface area contributed by atoms with Crippen molar-refractivity contribution in [2.45, 2.75) is 6.54 Å². The topological polar surface area (TPSA) is 43.6 Å². The van der Waals surface area contributed by atoms with Crippen molar-refractivity contribution in [1.82, 2.24) is 20.2 Å². The zero-order chi connectivity index (χ0) is 9.10. The molecule has 2 aromatic rings. The maximum atomic E-state index is 4.16. The molecule has 1 radical (unpaired) electrons. The van der Waals surface area contributed by atoms with Gasteiger partial charge in [-0.15, -0.1) is 28.1 Å². The number of tetrazole rings is 1. The summed E-state index contributed by atoms with van der Waals surface area (Å²) in [6.45, 7) is 4.18. The minimum absolute atomic E-state index is 0.585. The Kier molecular flexibility index (Phi) is 2.18. The molecule has 0 saturated heterocycles. The number of thiophene rings is 1. The van der Waals surface area contributed by atoms with Crippen LogP contribution in [0.3, 0.4) is 0 Å². The standard InChI is InChI=1S/C8H7N4S/c1-2-5-12-10-8(9-11-12)7-4-3-6-13-7/h2-4H,1,5H2. The van der Waals surface area contributed by atoms with Crippen molar-refractivity contribution in [3.63, 3.8) is 0 Å². The first kappa shape index (κ1) is 8.12. The van der Waals surface area contributed by atoms with E-state index >= 15 is 0 Å². The second-order valence-electron chi connectivity index (χ2n) is 2.37. The van der Waals surface area contributed by atoms with E-state index in [1.165, 1.54) is 16.1 Å². The van der Waals surface area contributed by atoms with E-state index in [0.717, 1.165) is 4.88 Å². The molecular formula is C8H7N4S. The highest BCUT2D eigenvalue weighted by molar-refractivity contribution is 7.13. The molecule has 13 heavy (non-hydrogen) atoms. The van der Waals surface area contributed by atoms with Gasteiger partial charge in [0.2, 0.25) is 5.82 Å². The van der Waals surface area contributed by atoms with E-state index in [1.54, 1.807) is 6.08 Å². The predicted molar refractivity (Wildman–Crippen MR) is 50.2 cm³/mol. The van der Waals surface area contributed by atoms with E-state index in [-0.39, 0.29) is 0 Å². The molecule has 0 fully saturated rings. The van der Waals surface area contributed by atoms with Crippen molar-refractivity contribution >= 4 is 11.3 Å². The molecule has 4 nitrogen and oxygen atoms in total. The summed E-state index contributed by atoms with van der Waals surface area (Å²) in [5.41, 5.74) is 0. The molecule has 0 amide bonds. The van der Waals surface area contributed by atoms with Gasteiger partial charge in [-0.25, -0.2) is 0 Å². The fraction of sp³-hybridized carbons (Fsp3) is 0.125. The molecule has 0 bridgehead atoms. The van der Waals surface area contributed by atoms with Crippen molar-refractivity contribution in [3.05, 3.63) is 30.2 Å². The van der Waals surface area contributed by atoms with Crippen LogP contribution in [0.2, 0.25) is 0 Å². The highest BCUT2D eigenvalue weighted by Crippen LogP contribution is 2.18. The Morgan fingerprint density at radius 1 is 1.69 bits per heavy atom. The summed E-state index contributed by atoms with van der Waals surface area (Å²) < 4.78 is 0. The van der Waals surface area contributed by atoms with Crippen LogP contribution in [0.15, 0.2) is 24.8 Å². The Labute approximate surface area is 79.5 Å². The largest absolute Gasteiger partial charge is 0.214 e. The lowest BCUT2D eigenvalue weighted by atomic mass is 10.5. The number of rotatable bonds is 3. The molecule has 0 aliphatic carbocycles. The Morgan fingerprint density at radius 2 is 2.62 bits per heavy atom.